The third-order valence-electron chi connectivity index (χ3n) is 5.60. The summed E-state index contributed by atoms with van der Waals surface area (Å²) in [5.41, 5.74) is 4.92. The molecule has 156 valence electrons. The summed E-state index contributed by atoms with van der Waals surface area (Å²) in [6.07, 6.45) is 0.955. The van der Waals surface area contributed by atoms with E-state index in [9.17, 15) is 4.79 Å². The van der Waals surface area contributed by atoms with Crippen molar-refractivity contribution in [2.24, 2.45) is 0 Å². The third-order valence-corrected chi connectivity index (χ3v) is 6.52. The van der Waals surface area contributed by atoms with Crippen LogP contribution in [0.25, 0.3) is 11.0 Å². The molecule has 0 aliphatic carbocycles. The zero-order chi connectivity index (χ0) is 21.0. The molecule has 5 nitrogen and oxygen atoms in total. The quantitative estimate of drug-likeness (QED) is 0.415. The first kappa shape index (κ1) is 19.7. The van der Waals surface area contributed by atoms with Gasteiger partial charge in [-0.05, 0) is 42.3 Å². The van der Waals surface area contributed by atoms with Crippen LogP contribution in [0.15, 0.2) is 84.0 Å². The van der Waals surface area contributed by atoms with Gasteiger partial charge in [-0.2, -0.15) is 0 Å². The SMILES string of the molecule is O=C(c1ccccc1CSc1nc2ccccc2[nH]1)N1CCC(Nc2ccccc2)C1. The molecule has 6 heteroatoms. The first-order valence-electron chi connectivity index (χ1n) is 10.5. The second-order valence-corrected chi connectivity index (χ2v) is 8.72. The van der Waals surface area contributed by atoms with Crippen molar-refractivity contribution in [2.45, 2.75) is 23.4 Å². The number of anilines is 1. The minimum atomic E-state index is 0.109. The second kappa shape index (κ2) is 8.86. The maximum Gasteiger partial charge on any atom is 0.254 e. The number of rotatable bonds is 6. The molecule has 0 bridgehead atoms. The Morgan fingerprint density at radius 3 is 2.68 bits per heavy atom. The summed E-state index contributed by atoms with van der Waals surface area (Å²) >= 11 is 1.63. The molecule has 0 saturated carbocycles. The Morgan fingerprint density at radius 1 is 1.03 bits per heavy atom. The molecule has 1 aliphatic rings. The number of fused-ring (bicyclic) bond motifs is 1. The summed E-state index contributed by atoms with van der Waals surface area (Å²) in [5.74, 6) is 0.805. The van der Waals surface area contributed by atoms with Gasteiger partial charge in [0.25, 0.3) is 5.91 Å². The Morgan fingerprint density at radius 2 is 1.81 bits per heavy atom. The van der Waals surface area contributed by atoms with Crippen molar-refractivity contribution < 1.29 is 4.79 Å². The predicted molar refractivity (Wildman–Crippen MR) is 126 cm³/mol. The molecule has 1 unspecified atom stereocenters. The highest BCUT2D eigenvalue weighted by molar-refractivity contribution is 7.98. The van der Waals surface area contributed by atoms with Crippen LogP contribution in [-0.4, -0.2) is 39.9 Å². The number of aromatic nitrogens is 2. The van der Waals surface area contributed by atoms with E-state index in [-0.39, 0.29) is 11.9 Å². The smallest absolute Gasteiger partial charge is 0.254 e. The standard InChI is InChI=1S/C25H24N4OS/c30-24(29-15-14-20(16-29)26-19-9-2-1-3-10-19)21-11-5-4-8-18(21)17-31-25-27-22-12-6-7-13-23(22)28-25/h1-13,20,26H,14-17H2,(H,27,28). The lowest BCUT2D eigenvalue weighted by atomic mass is 10.1. The second-order valence-electron chi connectivity index (χ2n) is 7.75. The highest BCUT2D eigenvalue weighted by Gasteiger charge is 2.28. The van der Waals surface area contributed by atoms with E-state index in [1.54, 1.807) is 11.8 Å². The minimum absolute atomic E-state index is 0.109. The molecule has 1 fully saturated rings. The summed E-state index contributed by atoms with van der Waals surface area (Å²) in [7, 11) is 0. The topological polar surface area (TPSA) is 61.0 Å². The number of nitrogens with one attached hydrogen (secondary N) is 2. The van der Waals surface area contributed by atoms with Gasteiger partial charge < -0.3 is 15.2 Å². The van der Waals surface area contributed by atoms with Gasteiger partial charge in [0.05, 0.1) is 11.0 Å². The molecule has 0 spiro atoms. The Hall–Kier alpha value is -3.25. The van der Waals surface area contributed by atoms with Crippen LogP contribution in [0, 0.1) is 0 Å². The predicted octanol–water partition coefficient (Wildman–Crippen LogP) is 5.18. The van der Waals surface area contributed by atoms with E-state index in [1.807, 2.05) is 71.6 Å². The van der Waals surface area contributed by atoms with E-state index >= 15 is 0 Å². The number of hydrogen-bond acceptors (Lipinski definition) is 4. The van der Waals surface area contributed by atoms with Crippen molar-refractivity contribution in [1.29, 1.82) is 0 Å². The first-order valence-corrected chi connectivity index (χ1v) is 11.5. The average molecular weight is 429 g/mol. The number of aromatic amines is 1. The van der Waals surface area contributed by atoms with E-state index in [4.69, 9.17) is 0 Å². The van der Waals surface area contributed by atoms with Gasteiger partial charge in [-0.1, -0.05) is 60.3 Å². The van der Waals surface area contributed by atoms with Crippen LogP contribution < -0.4 is 5.32 Å². The first-order chi connectivity index (χ1) is 15.3. The van der Waals surface area contributed by atoms with Gasteiger partial charge in [0.2, 0.25) is 0 Å². The molecule has 1 aromatic heterocycles. The molecule has 31 heavy (non-hydrogen) atoms. The number of carbonyl (C=O) groups excluding carboxylic acids is 1. The van der Waals surface area contributed by atoms with E-state index in [1.165, 1.54) is 0 Å². The molecule has 1 saturated heterocycles. The Balaban J connectivity index is 1.25. The fourth-order valence-electron chi connectivity index (χ4n) is 4.00. The van der Waals surface area contributed by atoms with Crippen LogP contribution in [0.5, 0.6) is 0 Å². The summed E-state index contributed by atoms with van der Waals surface area (Å²) in [6, 6.07) is 26.4. The molecule has 2 N–H and O–H groups in total. The van der Waals surface area contributed by atoms with Crippen molar-refractivity contribution in [3.63, 3.8) is 0 Å². The number of carbonyl (C=O) groups is 1. The number of hydrogen-bond donors (Lipinski definition) is 2. The normalized spacial score (nSPS) is 16.0. The van der Waals surface area contributed by atoms with Crippen molar-refractivity contribution in [3.05, 3.63) is 90.0 Å². The number of amides is 1. The lowest BCUT2D eigenvalue weighted by molar-refractivity contribution is 0.0791. The molecule has 1 aliphatic heterocycles. The summed E-state index contributed by atoms with van der Waals surface area (Å²) in [4.78, 5) is 23.2. The lowest BCUT2D eigenvalue weighted by Crippen LogP contribution is -2.32. The van der Waals surface area contributed by atoms with Gasteiger partial charge in [0, 0.05) is 36.1 Å². The zero-order valence-electron chi connectivity index (χ0n) is 17.1. The maximum atomic E-state index is 13.3. The highest BCUT2D eigenvalue weighted by Crippen LogP contribution is 2.26. The average Bonchev–Trinajstić information content (AvgIpc) is 3.45. The molecular weight excluding hydrogens is 404 g/mol. The fraction of sp³-hybridized carbons (Fsp3) is 0.200. The number of likely N-dealkylation sites (tertiary alicyclic amines) is 1. The van der Waals surface area contributed by atoms with Crippen LogP contribution in [0.2, 0.25) is 0 Å². The number of nitrogens with zero attached hydrogens (tertiary/aromatic N) is 2. The highest BCUT2D eigenvalue weighted by atomic mass is 32.2. The van der Waals surface area contributed by atoms with Crippen molar-refractivity contribution >= 4 is 34.4 Å². The monoisotopic (exact) mass is 428 g/mol. The number of para-hydroxylation sites is 3. The van der Waals surface area contributed by atoms with Crippen molar-refractivity contribution in [2.75, 3.05) is 18.4 Å². The lowest BCUT2D eigenvalue weighted by Gasteiger charge is -2.19. The molecule has 5 rings (SSSR count). The molecule has 4 aromatic rings. The van der Waals surface area contributed by atoms with Crippen molar-refractivity contribution in [3.8, 4) is 0 Å². The van der Waals surface area contributed by atoms with Gasteiger partial charge in [0.1, 0.15) is 0 Å². The third kappa shape index (κ3) is 4.44. The Labute approximate surface area is 185 Å². The largest absolute Gasteiger partial charge is 0.380 e. The van der Waals surface area contributed by atoms with E-state index < -0.39 is 0 Å². The molecular formula is C25H24N4OS. The summed E-state index contributed by atoms with van der Waals surface area (Å²) in [5, 5.41) is 4.41. The van der Waals surface area contributed by atoms with Gasteiger partial charge >= 0.3 is 0 Å². The number of imidazole rings is 1. The summed E-state index contributed by atoms with van der Waals surface area (Å²) in [6.45, 7) is 1.49. The molecule has 1 amide bonds. The minimum Gasteiger partial charge on any atom is -0.380 e. The van der Waals surface area contributed by atoms with Crippen LogP contribution >= 0.6 is 11.8 Å². The molecule has 3 aromatic carbocycles. The van der Waals surface area contributed by atoms with Crippen LogP contribution in [0.4, 0.5) is 5.69 Å². The Bertz CT molecular complexity index is 1160. The van der Waals surface area contributed by atoms with Gasteiger partial charge in [-0.15, -0.1) is 0 Å². The number of thioether (sulfide) groups is 1. The molecule has 2 heterocycles. The zero-order valence-corrected chi connectivity index (χ0v) is 17.9. The number of H-pyrrole nitrogens is 1. The van der Waals surface area contributed by atoms with Gasteiger partial charge in [0.15, 0.2) is 5.16 Å². The van der Waals surface area contributed by atoms with E-state index in [0.29, 0.717) is 5.75 Å². The van der Waals surface area contributed by atoms with Crippen molar-refractivity contribution in [1.82, 2.24) is 14.9 Å². The fourth-order valence-corrected chi connectivity index (χ4v) is 4.89. The molecule has 1 atom stereocenters. The Kier molecular flexibility index (Phi) is 5.63. The van der Waals surface area contributed by atoms with E-state index in [0.717, 1.165) is 52.5 Å². The van der Waals surface area contributed by atoms with Crippen LogP contribution in [0.3, 0.4) is 0 Å². The maximum absolute atomic E-state index is 13.3. The summed E-state index contributed by atoms with van der Waals surface area (Å²) < 4.78 is 0. The van der Waals surface area contributed by atoms with Crippen LogP contribution in [-0.2, 0) is 5.75 Å². The van der Waals surface area contributed by atoms with Gasteiger partial charge in [-0.3, -0.25) is 4.79 Å². The van der Waals surface area contributed by atoms with E-state index in [2.05, 4.69) is 27.4 Å². The number of benzene rings is 3. The van der Waals surface area contributed by atoms with Gasteiger partial charge in [-0.25, -0.2) is 4.98 Å². The van der Waals surface area contributed by atoms with Crippen LogP contribution in [0.1, 0.15) is 22.3 Å². The molecule has 0 radical (unpaired) electrons.